The Morgan fingerprint density at radius 3 is 2.46 bits per heavy atom. The van der Waals surface area contributed by atoms with Gasteiger partial charge in [0.15, 0.2) is 0 Å². The molecule has 2 rings (SSSR count). The van der Waals surface area contributed by atoms with Crippen molar-refractivity contribution in [2.24, 2.45) is 0 Å². The van der Waals surface area contributed by atoms with E-state index < -0.39 is 10.0 Å². The number of benzene rings is 2. The maximum Gasteiger partial charge on any atom is 0.246 e. The lowest BCUT2D eigenvalue weighted by atomic mass is 10.1. The highest BCUT2D eigenvalue weighted by atomic mass is 32.2. The van der Waals surface area contributed by atoms with E-state index in [4.69, 9.17) is 4.74 Å². The van der Waals surface area contributed by atoms with Crippen molar-refractivity contribution in [3.8, 4) is 5.75 Å². The minimum Gasteiger partial charge on any atom is -0.495 e. The molecule has 0 fully saturated rings. The Labute approximate surface area is 154 Å². The summed E-state index contributed by atoms with van der Waals surface area (Å²) in [5.74, 6) is -0.125. The number of aryl methyl sites for hydroxylation is 1. The van der Waals surface area contributed by atoms with E-state index in [9.17, 15) is 13.2 Å². The lowest BCUT2D eigenvalue weighted by Crippen LogP contribution is -2.39. The molecule has 0 unspecified atom stereocenters. The molecule has 1 amide bonds. The van der Waals surface area contributed by atoms with Crippen LogP contribution in [0.1, 0.15) is 24.1 Å². The third kappa shape index (κ3) is 4.62. The van der Waals surface area contributed by atoms with E-state index in [1.807, 2.05) is 37.3 Å². The number of rotatable bonds is 7. The zero-order valence-electron chi connectivity index (χ0n) is 15.4. The van der Waals surface area contributed by atoms with Crippen molar-refractivity contribution in [2.45, 2.75) is 24.8 Å². The molecule has 6 nitrogen and oxygen atoms in total. The lowest BCUT2D eigenvalue weighted by Gasteiger charge is -2.20. The van der Waals surface area contributed by atoms with Crippen LogP contribution in [0.25, 0.3) is 0 Å². The van der Waals surface area contributed by atoms with E-state index in [-0.39, 0.29) is 29.1 Å². The first kappa shape index (κ1) is 19.9. The van der Waals surface area contributed by atoms with Crippen LogP contribution in [0.3, 0.4) is 0 Å². The van der Waals surface area contributed by atoms with Crippen molar-refractivity contribution < 1.29 is 17.9 Å². The van der Waals surface area contributed by atoms with Gasteiger partial charge in [0, 0.05) is 7.05 Å². The summed E-state index contributed by atoms with van der Waals surface area (Å²) in [6.45, 7) is 3.37. The number of amides is 1. The molecule has 1 atom stereocenters. The van der Waals surface area contributed by atoms with Gasteiger partial charge in [-0.05, 0) is 37.1 Å². The van der Waals surface area contributed by atoms with Crippen molar-refractivity contribution in [3.05, 3.63) is 59.7 Å². The molecule has 0 heterocycles. The second-order valence-corrected chi connectivity index (χ2v) is 8.13. The zero-order valence-corrected chi connectivity index (χ0v) is 16.2. The zero-order chi connectivity index (χ0) is 19.3. The fourth-order valence-electron chi connectivity index (χ4n) is 2.55. The van der Waals surface area contributed by atoms with Gasteiger partial charge in [-0.25, -0.2) is 8.42 Å². The number of hydrogen-bond acceptors (Lipinski definition) is 4. The van der Waals surface area contributed by atoms with Gasteiger partial charge in [0.1, 0.15) is 10.6 Å². The van der Waals surface area contributed by atoms with E-state index in [1.165, 1.54) is 20.2 Å². The molecule has 2 aromatic rings. The largest absolute Gasteiger partial charge is 0.495 e. The number of nitrogens with zero attached hydrogens (tertiary/aromatic N) is 1. The average Bonchev–Trinajstić information content (AvgIpc) is 2.62. The number of sulfonamides is 1. The highest BCUT2D eigenvalue weighted by Gasteiger charge is 2.27. The van der Waals surface area contributed by atoms with Crippen molar-refractivity contribution >= 4 is 15.9 Å². The van der Waals surface area contributed by atoms with Gasteiger partial charge in [0.05, 0.1) is 19.7 Å². The molecule has 0 saturated heterocycles. The maximum atomic E-state index is 12.8. The van der Waals surface area contributed by atoms with Gasteiger partial charge in [0.25, 0.3) is 0 Å². The monoisotopic (exact) mass is 376 g/mol. The van der Waals surface area contributed by atoms with E-state index >= 15 is 0 Å². The summed E-state index contributed by atoms with van der Waals surface area (Å²) in [6, 6.07) is 14.2. The normalized spacial score (nSPS) is 12.7. The number of carbonyl (C=O) groups is 1. The number of ether oxygens (including phenoxy) is 1. The molecule has 0 spiro atoms. The Morgan fingerprint density at radius 1 is 1.19 bits per heavy atom. The number of likely N-dealkylation sites (N-methyl/N-ethyl adjacent to an activating group) is 1. The first-order chi connectivity index (χ1) is 12.3. The fraction of sp³-hybridized carbons (Fsp3) is 0.316. The van der Waals surface area contributed by atoms with Gasteiger partial charge in [-0.1, -0.05) is 36.4 Å². The Morgan fingerprint density at radius 2 is 1.85 bits per heavy atom. The second-order valence-electron chi connectivity index (χ2n) is 6.12. The van der Waals surface area contributed by atoms with E-state index in [2.05, 4.69) is 5.32 Å². The standard InChI is InChI=1S/C19H24N2O4S/c1-14-10-11-17(25-4)18(12-14)26(23,24)21(3)13-19(22)20-15(2)16-8-6-5-7-9-16/h5-12,15H,13H2,1-4H3,(H,20,22)/t15-/m0/s1. The van der Waals surface area contributed by atoms with Crippen molar-refractivity contribution in [2.75, 3.05) is 20.7 Å². The summed E-state index contributed by atoms with van der Waals surface area (Å²) in [5.41, 5.74) is 1.74. The number of hydrogen-bond donors (Lipinski definition) is 1. The van der Waals surface area contributed by atoms with Crippen molar-refractivity contribution in [1.29, 1.82) is 0 Å². The Bertz CT molecular complexity index is 866. The predicted molar refractivity (Wildman–Crippen MR) is 101 cm³/mol. The smallest absolute Gasteiger partial charge is 0.246 e. The summed E-state index contributed by atoms with van der Waals surface area (Å²) >= 11 is 0. The molecule has 0 aliphatic carbocycles. The molecule has 0 aromatic heterocycles. The Hall–Kier alpha value is -2.38. The van der Waals surface area contributed by atoms with Gasteiger partial charge < -0.3 is 10.1 Å². The highest BCUT2D eigenvalue weighted by Crippen LogP contribution is 2.27. The van der Waals surface area contributed by atoms with Crippen LogP contribution >= 0.6 is 0 Å². The minimum absolute atomic E-state index is 0.0476. The number of nitrogens with one attached hydrogen (secondary N) is 1. The minimum atomic E-state index is -3.85. The summed E-state index contributed by atoms with van der Waals surface area (Å²) in [5, 5.41) is 2.81. The molecule has 0 radical (unpaired) electrons. The van der Waals surface area contributed by atoms with Gasteiger partial charge in [-0.2, -0.15) is 4.31 Å². The van der Waals surface area contributed by atoms with Gasteiger partial charge in [-0.3, -0.25) is 4.79 Å². The Kier molecular flexibility index (Phi) is 6.39. The number of methoxy groups -OCH3 is 1. The molecule has 1 N–H and O–H groups in total. The lowest BCUT2D eigenvalue weighted by molar-refractivity contribution is -0.121. The van der Waals surface area contributed by atoms with Crippen LogP contribution < -0.4 is 10.1 Å². The van der Waals surface area contributed by atoms with E-state index in [1.54, 1.807) is 19.1 Å². The molecule has 26 heavy (non-hydrogen) atoms. The molecular formula is C19H24N2O4S. The van der Waals surface area contributed by atoms with Gasteiger partial charge in [0.2, 0.25) is 15.9 Å². The third-order valence-corrected chi connectivity index (χ3v) is 5.88. The summed E-state index contributed by atoms with van der Waals surface area (Å²) in [4.78, 5) is 12.3. The summed E-state index contributed by atoms with van der Waals surface area (Å²) < 4.78 is 31.8. The molecule has 7 heteroatoms. The molecule has 0 saturated carbocycles. The third-order valence-electron chi connectivity index (χ3n) is 4.05. The maximum absolute atomic E-state index is 12.8. The molecule has 0 aliphatic rings. The van der Waals surface area contributed by atoms with Crippen LogP contribution in [0.4, 0.5) is 0 Å². The fourth-order valence-corrected chi connectivity index (χ4v) is 3.92. The van der Waals surface area contributed by atoms with Crippen LogP contribution in [0.2, 0.25) is 0 Å². The quantitative estimate of drug-likeness (QED) is 0.806. The van der Waals surface area contributed by atoms with Gasteiger partial charge >= 0.3 is 0 Å². The van der Waals surface area contributed by atoms with Crippen molar-refractivity contribution in [1.82, 2.24) is 9.62 Å². The van der Waals surface area contributed by atoms with E-state index in [0.29, 0.717) is 0 Å². The molecule has 0 bridgehead atoms. The molecule has 140 valence electrons. The van der Waals surface area contributed by atoms with Gasteiger partial charge in [-0.15, -0.1) is 0 Å². The second kappa shape index (κ2) is 8.33. The number of carbonyl (C=O) groups excluding carboxylic acids is 1. The SMILES string of the molecule is COc1ccc(C)cc1S(=O)(=O)N(C)CC(=O)N[C@@H](C)c1ccccc1. The Balaban J connectivity index is 2.12. The summed E-state index contributed by atoms with van der Waals surface area (Å²) in [6.07, 6.45) is 0. The molecular weight excluding hydrogens is 352 g/mol. The predicted octanol–water partition coefficient (Wildman–Crippen LogP) is 2.50. The van der Waals surface area contributed by atoms with Crippen LogP contribution in [0.15, 0.2) is 53.4 Å². The summed E-state index contributed by atoms with van der Waals surface area (Å²) in [7, 11) is -1.06. The van der Waals surface area contributed by atoms with Crippen molar-refractivity contribution in [3.63, 3.8) is 0 Å². The van der Waals surface area contributed by atoms with Crippen LogP contribution in [0, 0.1) is 6.92 Å². The van der Waals surface area contributed by atoms with E-state index in [0.717, 1.165) is 15.4 Å². The molecule has 2 aromatic carbocycles. The van der Waals surface area contributed by atoms with Crippen LogP contribution in [0.5, 0.6) is 5.75 Å². The first-order valence-electron chi connectivity index (χ1n) is 8.21. The highest BCUT2D eigenvalue weighted by molar-refractivity contribution is 7.89. The average molecular weight is 376 g/mol. The topological polar surface area (TPSA) is 75.7 Å². The first-order valence-corrected chi connectivity index (χ1v) is 9.65. The molecule has 0 aliphatic heterocycles. The van der Waals surface area contributed by atoms with Crippen LogP contribution in [-0.4, -0.2) is 39.3 Å². The van der Waals surface area contributed by atoms with Crippen LogP contribution in [-0.2, 0) is 14.8 Å².